The van der Waals surface area contributed by atoms with E-state index in [2.05, 4.69) is 6.07 Å². The molecule has 0 aliphatic carbocycles. The highest BCUT2D eigenvalue weighted by atomic mass is 19.1. The molecule has 0 radical (unpaired) electrons. The van der Waals surface area contributed by atoms with E-state index >= 15 is 0 Å². The van der Waals surface area contributed by atoms with Crippen molar-refractivity contribution < 1.29 is 18.7 Å². The molecule has 1 aliphatic heterocycles. The van der Waals surface area contributed by atoms with Crippen molar-refractivity contribution in [3.05, 3.63) is 70.5 Å². The minimum atomic E-state index is -1.07. The van der Waals surface area contributed by atoms with Gasteiger partial charge < -0.3 is 9.47 Å². The number of nitriles is 1. The zero-order valence-corrected chi connectivity index (χ0v) is 14.1. The van der Waals surface area contributed by atoms with E-state index < -0.39 is 11.5 Å². The molecule has 0 fully saturated rings. The molecule has 0 saturated heterocycles. The van der Waals surface area contributed by atoms with Crippen molar-refractivity contribution >= 4 is 5.97 Å². The van der Waals surface area contributed by atoms with E-state index in [1.165, 1.54) is 12.1 Å². The Morgan fingerprint density at radius 3 is 2.72 bits per heavy atom. The second kappa shape index (κ2) is 6.66. The van der Waals surface area contributed by atoms with E-state index in [-0.39, 0.29) is 25.0 Å². The van der Waals surface area contributed by atoms with Gasteiger partial charge in [0.05, 0.1) is 30.8 Å². The Labute approximate surface area is 145 Å². The number of rotatable bonds is 4. The number of halogens is 1. The average molecular weight is 339 g/mol. The van der Waals surface area contributed by atoms with E-state index in [1.54, 1.807) is 44.2 Å². The van der Waals surface area contributed by atoms with Crippen LogP contribution in [0.1, 0.15) is 36.1 Å². The summed E-state index contributed by atoms with van der Waals surface area (Å²) in [6.07, 6.45) is 0. The Kier molecular flexibility index (Phi) is 4.56. The lowest BCUT2D eigenvalue weighted by Gasteiger charge is -2.35. The molecule has 4 nitrogen and oxygen atoms in total. The summed E-state index contributed by atoms with van der Waals surface area (Å²) in [5.74, 6) is -1.38. The van der Waals surface area contributed by atoms with Gasteiger partial charge in [0.2, 0.25) is 0 Å². The van der Waals surface area contributed by atoms with Crippen LogP contribution in [0, 0.1) is 23.1 Å². The summed E-state index contributed by atoms with van der Waals surface area (Å²) >= 11 is 0. The molecule has 2 aromatic rings. The molecule has 128 valence electrons. The van der Waals surface area contributed by atoms with E-state index in [4.69, 9.17) is 14.7 Å². The summed E-state index contributed by atoms with van der Waals surface area (Å²) in [5, 5.41) is 9.11. The molecule has 1 heterocycles. The fourth-order valence-electron chi connectivity index (χ4n) is 3.39. The van der Waals surface area contributed by atoms with Crippen LogP contribution in [0.2, 0.25) is 0 Å². The quantitative estimate of drug-likeness (QED) is 0.798. The van der Waals surface area contributed by atoms with E-state index in [0.29, 0.717) is 11.1 Å². The highest BCUT2D eigenvalue weighted by Crippen LogP contribution is 2.47. The van der Waals surface area contributed by atoms with Gasteiger partial charge in [-0.1, -0.05) is 18.2 Å². The maximum absolute atomic E-state index is 13.4. The lowest BCUT2D eigenvalue weighted by Crippen LogP contribution is -2.40. The molecule has 2 atom stereocenters. The van der Waals surface area contributed by atoms with Crippen molar-refractivity contribution in [3.8, 4) is 6.07 Å². The van der Waals surface area contributed by atoms with Crippen LogP contribution in [0.4, 0.5) is 4.39 Å². The van der Waals surface area contributed by atoms with Crippen LogP contribution in [-0.2, 0) is 26.5 Å². The summed E-state index contributed by atoms with van der Waals surface area (Å²) in [6, 6.07) is 13.3. The number of esters is 1. The van der Waals surface area contributed by atoms with Crippen molar-refractivity contribution in [1.82, 2.24) is 0 Å². The summed E-state index contributed by atoms with van der Waals surface area (Å²) in [5.41, 5.74) is 1.79. The number of hydrogen-bond donors (Lipinski definition) is 0. The van der Waals surface area contributed by atoms with Gasteiger partial charge in [0.1, 0.15) is 11.4 Å². The molecule has 0 saturated carbocycles. The summed E-state index contributed by atoms with van der Waals surface area (Å²) in [4.78, 5) is 12.5. The molecule has 5 heteroatoms. The van der Waals surface area contributed by atoms with E-state index in [0.717, 1.165) is 11.1 Å². The maximum Gasteiger partial charge on any atom is 0.312 e. The third-order valence-electron chi connectivity index (χ3n) is 4.61. The Bertz CT molecular complexity index is 841. The van der Waals surface area contributed by atoms with Crippen LogP contribution in [0.15, 0.2) is 42.5 Å². The first-order chi connectivity index (χ1) is 12.0. The van der Waals surface area contributed by atoms with E-state index in [9.17, 15) is 9.18 Å². The SMILES string of the molecule is CCOC(=O)C(C)C1(c2ccc(F)cc2)OCc2cc(C#N)ccc21. The Balaban J connectivity index is 2.18. The van der Waals surface area contributed by atoms with Crippen molar-refractivity contribution in [3.63, 3.8) is 0 Å². The first-order valence-corrected chi connectivity index (χ1v) is 8.13. The molecule has 25 heavy (non-hydrogen) atoms. The maximum atomic E-state index is 13.4. The van der Waals surface area contributed by atoms with Crippen molar-refractivity contribution in [2.24, 2.45) is 5.92 Å². The Morgan fingerprint density at radius 2 is 2.08 bits per heavy atom. The van der Waals surface area contributed by atoms with Gasteiger partial charge >= 0.3 is 5.97 Å². The summed E-state index contributed by atoms with van der Waals surface area (Å²) < 4.78 is 24.7. The standard InChI is InChI=1S/C20H18FNO3/c1-3-24-19(23)13(2)20(16-5-7-17(21)8-6-16)18-9-4-14(11-22)10-15(18)12-25-20/h4-10,13H,3,12H2,1-2H3. The molecule has 0 N–H and O–H groups in total. The minimum absolute atomic E-state index is 0.267. The fraction of sp³-hybridized carbons (Fsp3) is 0.300. The molecule has 0 aromatic heterocycles. The number of carbonyl (C=O) groups is 1. The molecule has 2 aromatic carbocycles. The number of benzene rings is 2. The van der Waals surface area contributed by atoms with E-state index in [1.807, 2.05) is 0 Å². The lowest BCUT2D eigenvalue weighted by atomic mass is 9.76. The minimum Gasteiger partial charge on any atom is -0.466 e. The number of carbonyl (C=O) groups excluding carboxylic acids is 1. The highest BCUT2D eigenvalue weighted by Gasteiger charge is 2.49. The molecule has 0 spiro atoms. The van der Waals surface area contributed by atoms with Gasteiger partial charge in [-0.3, -0.25) is 4.79 Å². The molecular formula is C20H18FNO3. The lowest BCUT2D eigenvalue weighted by molar-refractivity contribution is -0.158. The third kappa shape index (κ3) is 2.79. The number of fused-ring (bicyclic) bond motifs is 1. The zero-order chi connectivity index (χ0) is 18.0. The molecule has 0 amide bonds. The van der Waals surface area contributed by atoms with Gasteiger partial charge in [0, 0.05) is 0 Å². The molecule has 2 unspecified atom stereocenters. The second-order valence-electron chi connectivity index (χ2n) is 5.99. The Hall–Kier alpha value is -2.71. The topological polar surface area (TPSA) is 59.3 Å². The van der Waals surface area contributed by atoms with Gasteiger partial charge in [-0.15, -0.1) is 0 Å². The monoisotopic (exact) mass is 339 g/mol. The first kappa shape index (κ1) is 17.1. The molecule has 1 aliphatic rings. The first-order valence-electron chi connectivity index (χ1n) is 8.13. The van der Waals surface area contributed by atoms with Crippen LogP contribution < -0.4 is 0 Å². The van der Waals surface area contributed by atoms with Crippen LogP contribution in [0.25, 0.3) is 0 Å². The van der Waals surface area contributed by atoms with Crippen molar-refractivity contribution in [2.45, 2.75) is 26.1 Å². The van der Waals surface area contributed by atoms with Gasteiger partial charge in [-0.05, 0) is 54.8 Å². The van der Waals surface area contributed by atoms with Crippen molar-refractivity contribution in [1.29, 1.82) is 5.26 Å². The normalized spacial score (nSPS) is 19.8. The van der Waals surface area contributed by atoms with Gasteiger partial charge in [0.25, 0.3) is 0 Å². The summed E-state index contributed by atoms with van der Waals surface area (Å²) in [7, 11) is 0. The number of ether oxygens (including phenoxy) is 2. The van der Waals surface area contributed by atoms with Crippen LogP contribution in [0.5, 0.6) is 0 Å². The predicted molar refractivity (Wildman–Crippen MR) is 88.9 cm³/mol. The number of nitrogens with zero attached hydrogens (tertiary/aromatic N) is 1. The van der Waals surface area contributed by atoms with Crippen molar-refractivity contribution in [2.75, 3.05) is 6.61 Å². The predicted octanol–water partition coefficient (Wildman–Crippen LogP) is 3.67. The molecular weight excluding hydrogens is 321 g/mol. The van der Waals surface area contributed by atoms with Crippen LogP contribution in [0.3, 0.4) is 0 Å². The zero-order valence-electron chi connectivity index (χ0n) is 14.1. The van der Waals surface area contributed by atoms with Gasteiger partial charge in [0.15, 0.2) is 0 Å². The van der Waals surface area contributed by atoms with Gasteiger partial charge in [-0.2, -0.15) is 5.26 Å². The third-order valence-corrected chi connectivity index (χ3v) is 4.61. The number of hydrogen-bond acceptors (Lipinski definition) is 4. The second-order valence-corrected chi connectivity index (χ2v) is 5.99. The average Bonchev–Trinajstić information content (AvgIpc) is 3.01. The highest BCUT2D eigenvalue weighted by molar-refractivity contribution is 5.75. The summed E-state index contributed by atoms with van der Waals surface area (Å²) in [6.45, 7) is 4.03. The van der Waals surface area contributed by atoms with Crippen LogP contribution >= 0.6 is 0 Å². The largest absolute Gasteiger partial charge is 0.466 e. The Morgan fingerprint density at radius 1 is 1.36 bits per heavy atom. The molecule has 0 bridgehead atoms. The van der Waals surface area contributed by atoms with Crippen LogP contribution in [-0.4, -0.2) is 12.6 Å². The van der Waals surface area contributed by atoms with Gasteiger partial charge in [-0.25, -0.2) is 4.39 Å². The molecule has 3 rings (SSSR count). The fourth-order valence-corrected chi connectivity index (χ4v) is 3.39. The smallest absolute Gasteiger partial charge is 0.312 e.